The molecule has 0 aliphatic heterocycles. The molecule has 19 heavy (non-hydrogen) atoms. The zero-order valence-corrected chi connectivity index (χ0v) is 13.4. The van der Waals surface area contributed by atoms with Gasteiger partial charge in [0, 0.05) is 21.5 Å². The highest BCUT2D eigenvalue weighted by atomic mass is 79.9. The third-order valence-electron chi connectivity index (χ3n) is 3.56. The monoisotopic (exact) mass is 342 g/mol. The number of hydrogen-bond donors (Lipinski definition) is 2. The van der Waals surface area contributed by atoms with Gasteiger partial charge in [-0.1, -0.05) is 22.4 Å². The van der Waals surface area contributed by atoms with Crippen molar-refractivity contribution in [1.82, 2.24) is 5.32 Å². The second-order valence-electron chi connectivity index (χ2n) is 4.90. The van der Waals surface area contributed by atoms with Crippen LogP contribution in [0.5, 0.6) is 0 Å². The molecule has 0 spiro atoms. The van der Waals surface area contributed by atoms with Crippen molar-refractivity contribution < 1.29 is 4.79 Å². The largest absolute Gasteiger partial charge is 0.325 e. The maximum atomic E-state index is 11.8. The first-order valence-corrected chi connectivity index (χ1v) is 8.47. The summed E-state index contributed by atoms with van der Waals surface area (Å²) in [5.74, 6) is 0.0119. The molecule has 0 aromatic heterocycles. The molecule has 1 aromatic carbocycles. The van der Waals surface area contributed by atoms with Crippen molar-refractivity contribution in [3.05, 3.63) is 28.7 Å². The van der Waals surface area contributed by atoms with Gasteiger partial charge in [0.25, 0.3) is 0 Å². The SMILES string of the molecule is CSC1(CNCC(=O)Nc2ccc(Br)cc2)CCC1. The first kappa shape index (κ1) is 14.9. The summed E-state index contributed by atoms with van der Waals surface area (Å²) in [6.45, 7) is 1.29. The summed E-state index contributed by atoms with van der Waals surface area (Å²) in [5.41, 5.74) is 0.832. The maximum Gasteiger partial charge on any atom is 0.238 e. The van der Waals surface area contributed by atoms with Crippen molar-refractivity contribution in [3.8, 4) is 0 Å². The molecular weight excluding hydrogens is 324 g/mol. The van der Waals surface area contributed by atoms with E-state index in [-0.39, 0.29) is 5.91 Å². The molecule has 0 bridgehead atoms. The van der Waals surface area contributed by atoms with Gasteiger partial charge in [-0.3, -0.25) is 4.79 Å². The number of halogens is 1. The molecule has 2 N–H and O–H groups in total. The van der Waals surface area contributed by atoms with E-state index < -0.39 is 0 Å². The number of benzene rings is 1. The van der Waals surface area contributed by atoms with E-state index in [0.717, 1.165) is 16.7 Å². The van der Waals surface area contributed by atoms with Crippen molar-refractivity contribution in [1.29, 1.82) is 0 Å². The van der Waals surface area contributed by atoms with Gasteiger partial charge in [-0.25, -0.2) is 0 Å². The first-order chi connectivity index (χ1) is 9.13. The van der Waals surface area contributed by atoms with Gasteiger partial charge in [0.15, 0.2) is 0 Å². The van der Waals surface area contributed by atoms with E-state index in [4.69, 9.17) is 0 Å². The lowest BCUT2D eigenvalue weighted by Crippen LogP contribution is -2.45. The van der Waals surface area contributed by atoms with Crippen LogP contribution in [0.25, 0.3) is 0 Å². The molecule has 1 aromatic rings. The third kappa shape index (κ3) is 4.23. The maximum absolute atomic E-state index is 11.8. The minimum absolute atomic E-state index is 0.0119. The lowest BCUT2D eigenvalue weighted by atomic mass is 9.84. The summed E-state index contributed by atoms with van der Waals surface area (Å²) in [6.07, 6.45) is 5.99. The predicted molar refractivity (Wildman–Crippen MR) is 85.7 cm³/mol. The van der Waals surface area contributed by atoms with E-state index in [1.165, 1.54) is 19.3 Å². The van der Waals surface area contributed by atoms with Crippen molar-refractivity contribution >= 4 is 39.3 Å². The summed E-state index contributed by atoms with van der Waals surface area (Å²) < 4.78 is 1.38. The zero-order chi connectivity index (χ0) is 13.7. The lowest BCUT2D eigenvalue weighted by Gasteiger charge is -2.40. The van der Waals surface area contributed by atoms with Gasteiger partial charge in [-0.15, -0.1) is 0 Å². The van der Waals surface area contributed by atoms with Crippen LogP contribution < -0.4 is 10.6 Å². The minimum atomic E-state index is 0.0119. The molecule has 104 valence electrons. The molecular formula is C14H19BrN2OS. The first-order valence-electron chi connectivity index (χ1n) is 6.45. The summed E-state index contributed by atoms with van der Waals surface area (Å²) in [5, 5.41) is 6.15. The lowest BCUT2D eigenvalue weighted by molar-refractivity contribution is -0.115. The van der Waals surface area contributed by atoms with Crippen LogP contribution in [0.15, 0.2) is 28.7 Å². The van der Waals surface area contributed by atoms with Crippen LogP contribution in [0.2, 0.25) is 0 Å². The molecule has 0 unspecified atom stereocenters. The topological polar surface area (TPSA) is 41.1 Å². The number of hydrogen-bond acceptors (Lipinski definition) is 3. The highest BCUT2D eigenvalue weighted by molar-refractivity contribution is 9.10. The number of amides is 1. The Morgan fingerprint density at radius 1 is 1.37 bits per heavy atom. The smallest absolute Gasteiger partial charge is 0.238 e. The van der Waals surface area contributed by atoms with Crippen molar-refractivity contribution in [3.63, 3.8) is 0 Å². The predicted octanol–water partition coefficient (Wildman–Crippen LogP) is 3.26. The Bertz CT molecular complexity index is 426. The Morgan fingerprint density at radius 2 is 2.05 bits per heavy atom. The number of anilines is 1. The van der Waals surface area contributed by atoms with Gasteiger partial charge in [-0.05, 0) is 43.4 Å². The average molecular weight is 343 g/mol. The van der Waals surface area contributed by atoms with E-state index in [1.54, 1.807) is 0 Å². The Kier molecular flexibility index (Phi) is 5.30. The van der Waals surface area contributed by atoms with Gasteiger partial charge in [0.1, 0.15) is 0 Å². The Morgan fingerprint density at radius 3 is 2.58 bits per heavy atom. The fraction of sp³-hybridized carbons (Fsp3) is 0.500. The van der Waals surface area contributed by atoms with Crippen LogP contribution >= 0.6 is 27.7 Å². The van der Waals surface area contributed by atoms with E-state index in [1.807, 2.05) is 36.0 Å². The molecule has 1 saturated carbocycles. The normalized spacial score (nSPS) is 16.7. The summed E-state index contributed by atoms with van der Waals surface area (Å²) in [7, 11) is 0. The van der Waals surface area contributed by atoms with Crippen molar-refractivity contribution in [2.45, 2.75) is 24.0 Å². The Hall–Kier alpha value is -0.520. The number of thioether (sulfide) groups is 1. The molecule has 0 saturated heterocycles. The van der Waals surface area contributed by atoms with E-state index >= 15 is 0 Å². The van der Waals surface area contributed by atoms with Crippen LogP contribution in [0, 0.1) is 0 Å². The molecule has 1 fully saturated rings. The quantitative estimate of drug-likeness (QED) is 0.833. The van der Waals surface area contributed by atoms with Gasteiger partial charge < -0.3 is 10.6 Å². The minimum Gasteiger partial charge on any atom is -0.325 e. The number of nitrogens with one attached hydrogen (secondary N) is 2. The second kappa shape index (κ2) is 6.77. The second-order valence-corrected chi connectivity index (χ2v) is 7.09. The molecule has 2 rings (SSSR count). The number of carbonyl (C=O) groups is 1. The Labute approximate surface area is 127 Å². The highest BCUT2D eigenvalue weighted by Gasteiger charge is 2.35. The summed E-state index contributed by atoms with van der Waals surface area (Å²) >= 11 is 5.29. The molecule has 0 atom stereocenters. The molecule has 1 aliphatic rings. The van der Waals surface area contributed by atoms with Crippen LogP contribution in [-0.2, 0) is 4.79 Å². The molecule has 3 nitrogen and oxygen atoms in total. The number of rotatable bonds is 6. The van der Waals surface area contributed by atoms with Gasteiger partial charge in [0.2, 0.25) is 5.91 Å². The van der Waals surface area contributed by atoms with E-state index in [2.05, 4.69) is 32.8 Å². The van der Waals surface area contributed by atoms with E-state index in [0.29, 0.717) is 11.3 Å². The van der Waals surface area contributed by atoms with Crippen LogP contribution in [0.1, 0.15) is 19.3 Å². The third-order valence-corrected chi connectivity index (χ3v) is 5.51. The highest BCUT2D eigenvalue weighted by Crippen LogP contribution is 2.42. The van der Waals surface area contributed by atoms with Gasteiger partial charge in [0.05, 0.1) is 6.54 Å². The van der Waals surface area contributed by atoms with E-state index in [9.17, 15) is 4.79 Å². The number of carbonyl (C=O) groups excluding carboxylic acids is 1. The van der Waals surface area contributed by atoms with Crippen molar-refractivity contribution in [2.24, 2.45) is 0 Å². The standard InChI is InChI=1S/C14H19BrN2OS/c1-19-14(7-2-8-14)10-16-9-13(18)17-12-5-3-11(15)4-6-12/h3-6,16H,2,7-10H2,1H3,(H,17,18). The molecule has 5 heteroatoms. The average Bonchev–Trinajstić information content (AvgIpc) is 2.35. The summed E-state index contributed by atoms with van der Waals surface area (Å²) in [6, 6.07) is 7.61. The molecule has 1 amide bonds. The fourth-order valence-corrected chi connectivity index (χ4v) is 3.37. The fourth-order valence-electron chi connectivity index (χ4n) is 2.17. The van der Waals surface area contributed by atoms with Crippen LogP contribution in [-0.4, -0.2) is 30.0 Å². The molecule has 0 radical (unpaired) electrons. The van der Waals surface area contributed by atoms with Crippen molar-refractivity contribution in [2.75, 3.05) is 24.7 Å². The van der Waals surface area contributed by atoms with Crippen LogP contribution in [0.3, 0.4) is 0 Å². The van der Waals surface area contributed by atoms with Gasteiger partial charge >= 0.3 is 0 Å². The zero-order valence-electron chi connectivity index (χ0n) is 11.0. The van der Waals surface area contributed by atoms with Gasteiger partial charge in [-0.2, -0.15) is 11.8 Å². The Balaban J connectivity index is 1.71. The molecule has 0 heterocycles. The molecule has 1 aliphatic carbocycles. The summed E-state index contributed by atoms with van der Waals surface area (Å²) in [4.78, 5) is 11.8. The van der Waals surface area contributed by atoms with Crippen LogP contribution in [0.4, 0.5) is 5.69 Å².